The lowest BCUT2D eigenvalue weighted by atomic mass is 10.2. The quantitative estimate of drug-likeness (QED) is 0.805. The zero-order chi connectivity index (χ0) is 14.0. The molecule has 0 amide bonds. The summed E-state index contributed by atoms with van der Waals surface area (Å²) in [6.45, 7) is 2.22. The van der Waals surface area contributed by atoms with E-state index in [2.05, 4.69) is 4.98 Å². The van der Waals surface area contributed by atoms with E-state index in [1.165, 1.54) is 7.11 Å². The lowest BCUT2D eigenvalue weighted by Crippen LogP contribution is -2.24. The molecule has 19 heavy (non-hydrogen) atoms. The number of nitrogens with zero attached hydrogens (tertiary/aromatic N) is 2. The highest BCUT2D eigenvalue weighted by Gasteiger charge is 2.12. The number of aryl methyl sites for hydroxylation is 1. The van der Waals surface area contributed by atoms with Gasteiger partial charge in [0.25, 0.3) is 5.56 Å². The van der Waals surface area contributed by atoms with Gasteiger partial charge in [0.2, 0.25) is 0 Å². The van der Waals surface area contributed by atoms with Crippen molar-refractivity contribution in [2.75, 3.05) is 20.1 Å². The van der Waals surface area contributed by atoms with E-state index in [0.29, 0.717) is 40.7 Å². The normalized spacial score (nSPS) is 10.7. The molecule has 0 atom stereocenters. The molecule has 0 saturated heterocycles. The first-order valence-corrected chi connectivity index (χ1v) is 6.35. The Hall–Kier alpha value is -1.75. The lowest BCUT2D eigenvalue weighted by molar-refractivity contribution is 0.355. The van der Waals surface area contributed by atoms with Gasteiger partial charge in [0.05, 0.1) is 25.1 Å². The number of hydrogen-bond donors (Lipinski definition) is 0. The molecule has 2 aromatic rings. The summed E-state index contributed by atoms with van der Waals surface area (Å²) in [7, 11) is 3.08. The van der Waals surface area contributed by atoms with Crippen LogP contribution in [0.25, 0.3) is 10.9 Å². The Kier molecular flexibility index (Phi) is 3.95. The van der Waals surface area contributed by atoms with Crippen LogP contribution in [-0.2, 0) is 6.54 Å². The first-order valence-electron chi connectivity index (χ1n) is 5.81. The van der Waals surface area contributed by atoms with Crippen molar-refractivity contribution < 1.29 is 9.47 Å². The fourth-order valence-electron chi connectivity index (χ4n) is 2.01. The summed E-state index contributed by atoms with van der Waals surface area (Å²) >= 11 is 5.71. The monoisotopic (exact) mass is 282 g/mol. The minimum Gasteiger partial charge on any atom is -0.493 e. The van der Waals surface area contributed by atoms with Gasteiger partial charge in [-0.15, -0.1) is 11.6 Å². The molecule has 0 aliphatic heterocycles. The van der Waals surface area contributed by atoms with Crippen molar-refractivity contribution in [3.63, 3.8) is 0 Å². The minimum atomic E-state index is -0.121. The molecule has 0 aliphatic carbocycles. The van der Waals surface area contributed by atoms with Gasteiger partial charge in [-0.3, -0.25) is 9.36 Å². The van der Waals surface area contributed by atoms with Crippen LogP contribution in [0, 0.1) is 6.92 Å². The largest absolute Gasteiger partial charge is 0.493 e. The van der Waals surface area contributed by atoms with Crippen LogP contribution in [0.15, 0.2) is 16.9 Å². The topological polar surface area (TPSA) is 53.4 Å². The molecule has 0 unspecified atom stereocenters. The Balaban J connectivity index is 2.78. The Morgan fingerprint density at radius 2 is 1.89 bits per heavy atom. The smallest absolute Gasteiger partial charge is 0.261 e. The molecule has 2 rings (SSSR count). The van der Waals surface area contributed by atoms with E-state index in [4.69, 9.17) is 21.1 Å². The second-order valence-electron chi connectivity index (χ2n) is 4.03. The van der Waals surface area contributed by atoms with Crippen LogP contribution in [0.3, 0.4) is 0 Å². The first-order chi connectivity index (χ1) is 9.12. The number of halogens is 1. The van der Waals surface area contributed by atoms with Crippen LogP contribution < -0.4 is 15.0 Å². The highest BCUT2D eigenvalue weighted by Crippen LogP contribution is 2.30. The molecule has 0 bridgehead atoms. The van der Waals surface area contributed by atoms with Gasteiger partial charge in [0, 0.05) is 18.5 Å². The fraction of sp³-hybridized carbons (Fsp3) is 0.385. The number of rotatable bonds is 4. The first kappa shape index (κ1) is 13.7. The second-order valence-corrected chi connectivity index (χ2v) is 4.41. The Morgan fingerprint density at radius 1 is 1.26 bits per heavy atom. The maximum Gasteiger partial charge on any atom is 0.261 e. The van der Waals surface area contributed by atoms with Crippen LogP contribution in [0.4, 0.5) is 0 Å². The summed E-state index contributed by atoms with van der Waals surface area (Å²) in [5, 5.41) is 0.494. The van der Waals surface area contributed by atoms with Crippen LogP contribution >= 0.6 is 11.6 Å². The summed E-state index contributed by atoms with van der Waals surface area (Å²) in [5.74, 6) is 2.05. The average Bonchev–Trinajstić information content (AvgIpc) is 2.42. The molecular formula is C13H15ClN2O3. The standard InChI is InChI=1S/C13H15ClN2O3/c1-8-15-10-7-12(19-3)11(18-2)6-9(10)13(17)16(8)5-4-14/h6-7H,4-5H2,1-3H3. The van der Waals surface area contributed by atoms with Gasteiger partial charge >= 0.3 is 0 Å². The van der Waals surface area contributed by atoms with Gasteiger partial charge in [0.1, 0.15) is 5.82 Å². The van der Waals surface area contributed by atoms with Crippen LogP contribution in [-0.4, -0.2) is 29.7 Å². The molecular weight excluding hydrogens is 268 g/mol. The number of methoxy groups -OCH3 is 2. The molecule has 0 spiro atoms. The number of alkyl halides is 1. The SMILES string of the molecule is COc1cc2nc(C)n(CCCl)c(=O)c2cc1OC. The van der Waals surface area contributed by atoms with Crippen molar-refractivity contribution in [2.45, 2.75) is 13.5 Å². The van der Waals surface area contributed by atoms with Gasteiger partial charge < -0.3 is 9.47 Å². The van der Waals surface area contributed by atoms with E-state index in [1.54, 1.807) is 30.7 Å². The van der Waals surface area contributed by atoms with Crippen LogP contribution in [0.2, 0.25) is 0 Å². The maximum atomic E-state index is 12.4. The molecule has 0 fully saturated rings. The molecule has 0 radical (unpaired) electrons. The molecule has 0 N–H and O–H groups in total. The van der Waals surface area contributed by atoms with Gasteiger partial charge in [-0.05, 0) is 13.0 Å². The van der Waals surface area contributed by atoms with Crippen molar-refractivity contribution in [2.24, 2.45) is 0 Å². The van der Waals surface area contributed by atoms with E-state index in [0.717, 1.165) is 0 Å². The van der Waals surface area contributed by atoms with Crippen LogP contribution in [0.1, 0.15) is 5.82 Å². The van der Waals surface area contributed by atoms with E-state index in [-0.39, 0.29) is 5.56 Å². The van der Waals surface area contributed by atoms with Crippen molar-refractivity contribution in [1.82, 2.24) is 9.55 Å². The zero-order valence-corrected chi connectivity index (χ0v) is 11.8. The molecule has 102 valence electrons. The third-order valence-electron chi connectivity index (χ3n) is 2.96. The number of aromatic nitrogens is 2. The van der Waals surface area contributed by atoms with Crippen molar-refractivity contribution >= 4 is 22.5 Å². The zero-order valence-electron chi connectivity index (χ0n) is 11.1. The number of fused-ring (bicyclic) bond motifs is 1. The Morgan fingerprint density at radius 3 is 2.47 bits per heavy atom. The number of benzene rings is 1. The van der Waals surface area contributed by atoms with Gasteiger partial charge in [0.15, 0.2) is 11.5 Å². The fourth-order valence-corrected chi connectivity index (χ4v) is 2.18. The van der Waals surface area contributed by atoms with Gasteiger partial charge in [-0.1, -0.05) is 0 Å². The molecule has 0 aliphatic rings. The van der Waals surface area contributed by atoms with Gasteiger partial charge in [-0.25, -0.2) is 4.98 Å². The highest BCUT2D eigenvalue weighted by molar-refractivity contribution is 6.17. The molecule has 1 aromatic heterocycles. The van der Waals surface area contributed by atoms with Crippen molar-refractivity contribution in [3.8, 4) is 11.5 Å². The Bertz CT molecular complexity index is 667. The predicted molar refractivity (Wildman–Crippen MR) is 74.6 cm³/mol. The highest BCUT2D eigenvalue weighted by atomic mass is 35.5. The summed E-state index contributed by atoms with van der Waals surface area (Å²) < 4.78 is 12.0. The van der Waals surface area contributed by atoms with Crippen molar-refractivity contribution in [3.05, 3.63) is 28.3 Å². The summed E-state index contributed by atoms with van der Waals surface area (Å²) in [6.07, 6.45) is 0. The third kappa shape index (κ3) is 2.38. The lowest BCUT2D eigenvalue weighted by Gasteiger charge is -2.12. The van der Waals surface area contributed by atoms with E-state index >= 15 is 0 Å². The molecule has 5 nitrogen and oxygen atoms in total. The van der Waals surface area contributed by atoms with E-state index < -0.39 is 0 Å². The minimum absolute atomic E-state index is 0.121. The molecule has 0 saturated carbocycles. The summed E-state index contributed by atoms with van der Waals surface area (Å²) in [5.41, 5.74) is 0.468. The number of ether oxygens (including phenoxy) is 2. The summed E-state index contributed by atoms with van der Waals surface area (Å²) in [6, 6.07) is 3.35. The van der Waals surface area contributed by atoms with E-state index in [1.807, 2.05) is 0 Å². The number of hydrogen-bond acceptors (Lipinski definition) is 4. The summed E-state index contributed by atoms with van der Waals surface area (Å²) in [4.78, 5) is 16.8. The van der Waals surface area contributed by atoms with E-state index in [9.17, 15) is 4.79 Å². The maximum absolute atomic E-state index is 12.4. The molecule has 1 heterocycles. The predicted octanol–water partition coefficient (Wildman–Crippen LogP) is 1.96. The molecule has 1 aromatic carbocycles. The Labute approximate surface area is 115 Å². The third-order valence-corrected chi connectivity index (χ3v) is 3.13. The van der Waals surface area contributed by atoms with Crippen LogP contribution in [0.5, 0.6) is 11.5 Å². The van der Waals surface area contributed by atoms with Gasteiger partial charge in [-0.2, -0.15) is 0 Å². The second kappa shape index (κ2) is 5.48. The molecule has 6 heteroatoms. The average molecular weight is 283 g/mol. The van der Waals surface area contributed by atoms with Crippen molar-refractivity contribution in [1.29, 1.82) is 0 Å².